The molecule has 1 aromatic rings. The number of hydrogen-bond acceptors (Lipinski definition) is 4. The summed E-state index contributed by atoms with van der Waals surface area (Å²) >= 11 is 0. The molecule has 2 bridgehead atoms. The Hall–Kier alpha value is -1.62. The summed E-state index contributed by atoms with van der Waals surface area (Å²) in [5.41, 5.74) is 0.436. The lowest BCUT2D eigenvalue weighted by molar-refractivity contribution is -0.0303. The van der Waals surface area contributed by atoms with Crippen LogP contribution in [0.5, 0.6) is 5.75 Å². The van der Waals surface area contributed by atoms with Gasteiger partial charge in [0.05, 0.1) is 24.0 Å². The zero-order valence-corrected chi connectivity index (χ0v) is 9.37. The first-order valence-corrected chi connectivity index (χ1v) is 5.81. The number of carbonyl (C=O) groups is 1. The summed E-state index contributed by atoms with van der Waals surface area (Å²) in [5.74, 6) is -0.0549. The molecule has 1 amide bonds. The van der Waals surface area contributed by atoms with Gasteiger partial charge in [0.2, 0.25) is 0 Å². The first-order chi connectivity index (χ1) is 8.22. The number of rotatable bonds is 1. The molecule has 17 heavy (non-hydrogen) atoms. The predicted molar refractivity (Wildman–Crippen MR) is 59.7 cm³/mol. The molecule has 5 heteroatoms. The molecule has 3 heterocycles. The number of carbonyl (C=O) groups excluding carboxylic acids is 1. The molecule has 0 radical (unpaired) electrons. The second kappa shape index (κ2) is 4.00. The van der Waals surface area contributed by atoms with Crippen LogP contribution < -0.4 is 0 Å². The van der Waals surface area contributed by atoms with Crippen molar-refractivity contribution >= 4 is 5.91 Å². The number of nitrogens with zero attached hydrogens (tertiary/aromatic N) is 2. The largest absolute Gasteiger partial charge is 0.506 e. The third-order valence-corrected chi connectivity index (χ3v) is 3.30. The van der Waals surface area contributed by atoms with Crippen LogP contribution in [0, 0.1) is 0 Å². The molecule has 2 aliphatic rings. The van der Waals surface area contributed by atoms with Crippen LogP contribution in [0.2, 0.25) is 0 Å². The van der Waals surface area contributed by atoms with E-state index in [1.54, 1.807) is 4.90 Å². The van der Waals surface area contributed by atoms with Gasteiger partial charge in [-0.3, -0.25) is 9.78 Å². The van der Waals surface area contributed by atoms with E-state index in [0.29, 0.717) is 18.7 Å². The highest BCUT2D eigenvalue weighted by Crippen LogP contribution is 2.27. The van der Waals surface area contributed by atoms with Gasteiger partial charge in [-0.2, -0.15) is 0 Å². The van der Waals surface area contributed by atoms with Crippen LogP contribution in [0.15, 0.2) is 18.5 Å². The van der Waals surface area contributed by atoms with Gasteiger partial charge in [0, 0.05) is 19.3 Å². The van der Waals surface area contributed by atoms with Gasteiger partial charge in [0.25, 0.3) is 5.91 Å². The van der Waals surface area contributed by atoms with Crippen molar-refractivity contribution in [3.63, 3.8) is 0 Å². The molecule has 0 saturated carbocycles. The van der Waals surface area contributed by atoms with Gasteiger partial charge in [0.1, 0.15) is 5.75 Å². The first kappa shape index (κ1) is 10.5. The maximum absolute atomic E-state index is 12.2. The van der Waals surface area contributed by atoms with Crippen molar-refractivity contribution in [1.29, 1.82) is 0 Å². The van der Waals surface area contributed by atoms with E-state index >= 15 is 0 Å². The number of aromatic hydroxyl groups is 1. The molecule has 3 rings (SSSR count). The van der Waals surface area contributed by atoms with E-state index in [1.165, 1.54) is 18.5 Å². The second-order valence-electron chi connectivity index (χ2n) is 4.60. The highest BCUT2D eigenvalue weighted by molar-refractivity contribution is 5.94. The van der Waals surface area contributed by atoms with Crippen molar-refractivity contribution in [3.8, 4) is 5.75 Å². The second-order valence-corrected chi connectivity index (χ2v) is 4.60. The van der Waals surface area contributed by atoms with E-state index in [-0.39, 0.29) is 23.9 Å². The smallest absolute Gasteiger partial charge is 0.255 e. The van der Waals surface area contributed by atoms with E-state index in [1.807, 2.05) is 0 Å². The summed E-state index contributed by atoms with van der Waals surface area (Å²) in [7, 11) is 0. The van der Waals surface area contributed by atoms with Crippen molar-refractivity contribution in [2.24, 2.45) is 0 Å². The molecule has 2 aliphatic heterocycles. The minimum Gasteiger partial charge on any atom is -0.506 e. The predicted octanol–water partition coefficient (Wildman–Crippen LogP) is 0.791. The molecular formula is C12H14N2O3. The van der Waals surface area contributed by atoms with Crippen LogP contribution in [0.25, 0.3) is 0 Å². The van der Waals surface area contributed by atoms with Crippen LogP contribution in [-0.2, 0) is 4.74 Å². The Labute approximate surface area is 99.0 Å². The lowest BCUT2D eigenvalue weighted by Crippen LogP contribution is -2.45. The zero-order chi connectivity index (χ0) is 11.8. The van der Waals surface area contributed by atoms with Crippen LogP contribution >= 0.6 is 0 Å². The Balaban J connectivity index is 1.78. The Morgan fingerprint density at radius 3 is 2.71 bits per heavy atom. The average molecular weight is 234 g/mol. The first-order valence-electron chi connectivity index (χ1n) is 5.81. The molecule has 2 unspecified atom stereocenters. The lowest BCUT2D eigenvalue weighted by atomic mass is 10.2. The minimum absolute atomic E-state index is 0.0204. The fourth-order valence-corrected chi connectivity index (χ4v) is 2.51. The highest BCUT2D eigenvalue weighted by atomic mass is 16.5. The number of aromatic nitrogens is 1. The van der Waals surface area contributed by atoms with E-state index < -0.39 is 0 Å². The van der Waals surface area contributed by atoms with Crippen molar-refractivity contribution in [3.05, 3.63) is 24.0 Å². The van der Waals surface area contributed by atoms with Crippen molar-refractivity contribution < 1.29 is 14.6 Å². The molecule has 1 aromatic heterocycles. The number of morpholine rings is 1. The van der Waals surface area contributed by atoms with Gasteiger partial charge in [-0.15, -0.1) is 0 Å². The Morgan fingerprint density at radius 1 is 1.35 bits per heavy atom. The summed E-state index contributed by atoms with van der Waals surface area (Å²) in [4.78, 5) is 17.8. The lowest BCUT2D eigenvalue weighted by Gasteiger charge is -2.32. The molecular weight excluding hydrogens is 220 g/mol. The number of likely N-dealkylation sites (tertiary alicyclic amines) is 1. The van der Waals surface area contributed by atoms with Gasteiger partial charge in [-0.05, 0) is 18.9 Å². The van der Waals surface area contributed by atoms with Crippen LogP contribution in [-0.4, -0.2) is 46.2 Å². The molecule has 2 atom stereocenters. The summed E-state index contributed by atoms with van der Waals surface area (Å²) in [6, 6.07) is 1.45. The van der Waals surface area contributed by atoms with Crippen LogP contribution in [0.1, 0.15) is 23.2 Å². The monoisotopic (exact) mass is 234 g/mol. The molecule has 2 fully saturated rings. The van der Waals surface area contributed by atoms with Crippen molar-refractivity contribution in [2.45, 2.75) is 25.0 Å². The minimum atomic E-state index is -0.0754. The fourth-order valence-electron chi connectivity index (χ4n) is 2.51. The fraction of sp³-hybridized carbons (Fsp3) is 0.500. The topological polar surface area (TPSA) is 62.7 Å². The molecule has 1 N–H and O–H groups in total. The number of hydrogen-bond donors (Lipinski definition) is 1. The number of fused-ring (bicyclic) bond motifs is 2. The molecule has 0 spiro atoms. The Morgan fingerprint density at radius 2 is 2.06 bits per heavy atom. The Kier molecular flexibility index (Phi) is 2.48. The van der Waals surface area contributed by atoms with Crippen LogP contribution in [0.4, 0.5) is 0 Å². The van der Waals surface area contributed by atoms with E-state index in [2.05, 4.69) is 4.98 Å². The number of ether oxygens (including phenoxy) is 1. The molecule has 5 nitrogen and oxygen atoms in total. The third kappa shape index (κ3) is 1.98. The third-order valence-electron chi connectivity index (χ3n) is 3.30. The highest BCUT2D eigenvalue weighted by Gasteiger charge is 2.35. The maximum Gasteiger partial charge on any atom is 0.255 e. The number of amides is 1. The quantitative estimate of drug-likeness (QED) is 0.780. The van der Waals surface area contributed by atoms with Gasteiger partial charge in [0.15, 0.2) is 0 Å². The van der Waals surface area contributed by atoms with Gasteiger partial charge >= 0.3 is 0 Å². The molecule has 0 aliphatic carbocycles. The average Bonchev–Trinajstić information content (AvgIpc) is 2.67. The van der Waals surface area contributed by atoms with E-state index in [9.17, 15) is 9.90 Å². The van der Waals surface area contributed by atoms with Gasteiger partial charge in [-0.25, -0.2) is 0 Å². The normalized spacial score (nSPS) is 27.2. The summed E-state index contributed by atoms with van der Waals surface area (Å²) in [5, 5.41) is 9.32. The zero-order valence-electron chi connectivity index (χ0n) is 9.37. The van der Waals surface area contributed by atoms with Gasteiger partial charge < -0.3 is 14.7 Å². The summed E-state index contributed by atoms with van der Waals surface area (Å²) < 4.78 is 5.68. The van der Waals surface area contributed by atoms with Gasteiger partial charge in [-0.1, -0.05) is 0 Å². The maximum atomic E-state index is 12.2. The molecule has 2 saturated heterocycles. The summed E-state index contributed by atoms with van der Waals surface area (Å²) in [6.07, 6.45) is 5.24. The number of pyridine rings is 1. The summed E-state index contributed by atoms with van der Waals surface area (Å²) in [6.45, 7) is 1.29. The SMILES string of the molecule is O=C(c1cncc(O)c1)N1CC2CCC(C1)O2. The van der Waals surface area contributed by atoms with Crippen molar-refractivity contribution in [1.82, 2.24) is 9.88 Å². The van der Waals surface area contributed by atoms with Crippen LogP contribution in [0.3, 0.4) is 0 Å². The molecule has 0 aromatic carbocycles. The Bertz CT molecular complexity index is 437. The van der Waals surface area contributed by atoms with E-state index in [4.69, 9.17) is 4.74 Å². The standard InChI is InChI=1S/C12H14N2O3/c15-9-3-8(4-13-5-9)12(16)14-6-10-1-2-11(7-14)17-10/h3-5,10-11,15H,1-2,6-7H2. The molecule has 90 valence electrons. The van der Waals surface area contributed by atoms with E-state index in [0.717, 1.165) is 12.8 Å². The van der Waals surface area contributed by atoms with Crippen molar-refractivity contribution in [2.75, 3.05) is 13.1 Å².